The number of hydrogen-bond donors (Lipinski definition) is 2. The van der Waals surface area contributed by atoms with Gasteiger partial charge in [0.15, 0.2) is 5.82 Å². The molecule has 0 aliphatic carbocycles. The molecule has 0 atom stereocenters. The van der Waals surface area contributed by atoms with Crippen molar-refractivity contribution in [1.82, 2.24) is 10.1 Å². The summed E-state index contributed by atoms with van der Waals surface area (Å²) in [4.78, 5) is 27.0. The number of carbonyl (C=O) groups is 2. The van der Waals surface area contributed by atoms with Gasteiger partial charge in [-0.05, 0) is 17.9 Å². The number of carboxylic acid groups (broad SMARTS) is 1. The maximum Gasteiger partial charge on any atom is 0.348 e. The van der Waals surface area contributed by atoms with Gasteiger partial charge in [-0.2, -0.15) is 4.98 Å². The fraction of sp³-hybridized carbons (Fsp3) is 0.385. The Balaban J connectivity index is 1.86. The second kappa shape index (κ2) is 6.98. The fourth-order valence-corrected chi connectivity index (χ4v) is 2.41. The van der Waals surface area contributed by atoms with E-state index in [9.17, 15) is 9.59 Å². The van der Waals surface area contributed by atoms with E-state index in [4.69, 9.17) is 9.63 Å². The van der Waals surface area contributed by atoms with E-state index in [1.165, 1.54) is 0 Å². The first-order chi connectivity index (χ1) is 10.1. The van der Waals surface area contributed by atoms with Crippen LogP contribution in [0.25, 0.3) is 0 Å². The van der Waals surface area contributed by atoms with Crippen molar-refractivity contribution in [3.63, 3.8) is 0 Å². The Labute approximate surface area is 125 Å². The molecule has 0 radical (unpaired) electrons. The van der Waals surface area contributed by atoms with Gasteiger partial charge in [-0.3, -0.25) is 4.79 Å². The van der Waals surface area contributed by atoms with Gasteiger partial charge in [-0.1, -0.05) is 12.1 Å². The maximum atomic E-state index is 11.8. The lowest BCUT2D eigenvalue weighted by molar-refractivity contribution is -0.116. The van der Waals surface area contributed by atoms with Crippen molar-refractivity contribution in [2.24, 2.45) is 0 Å². The molecule has 2 aromatic rings. The maximum absolute atomic E-state index is 11.8. The van der Waals surface area contributed by atoms with E-state index in [1.807, 2.05) is 6.92 Å². The number of thiophene rings is 1. The third-order valence-corrected chi connectivity index (χ3v) is 3.59. The molecule has 0 aliphatic rings. The van der Waals surface area contributed by atoms with E-state index >= 15 is 0 Å². The van der Waals surface area contributed by atoms with Crippen molar-refractivity contribution in [3.8, 4) is 0 Å². The van der Waals surface area contributed by atoms with Crippen LogP contribution in [0.5, 0.6) is 0 Å². The molecule has 2 aromatic heterocycles. The number of carboxylic acids is 1. The molecule has 0 saturated heterocycles. The zero-order valence-corrected chi connectivity index (χ0v) is 12.3. The molecule has 0 saturated carbocycles. The lowest BCUT2D eigenvalue weighted by Gasteiger charge is -2.02. The van der Waals surface area contributed by atoms with E-state index in [2.05, 4.69) is 15.5 Å². The van der Waals surface area contributed by atoms with Crippen LogP contribution in [0, 0.1) is 0 Å². The molecule has 8 heteroatoms. The molecule has 21 heavy (non-hydrogen) atoms. The molecule has 2 heterocycles. The Morgan fingerprint density at radius 1 is 1.43 bits per heavy atom. The summed E-state index contributed by atoms with van der Waals surface area (Å²) in [6.45, 7) is 2.02. The number of anilines is 1. The molecule has 7 nitrogen and oxygen atoms in total. The number of nitrogens with one attached hydrogen (secondary N) is 1. The summed E-state index contributed by atoms with van der Waals surface area (Å²) >= 11 is 1.07. The highest BCUT2D eigenvalue weighted by atomic mass is 32.1. The third-order valence-electron chi connectivity index (χ3n) is 2.68. The number of aromatic nitrogens is 2. The predicted octanol–water partition coefficient (Wildman–Crippen LogP) is 2.35. The van der Waals surface area contributed by atoms with Crippen molar-refractivity contribution < 1.29 is 19.2 Å². The van der Waals surface area contributed by atoms with Gasteiger partial charge in [0.25, 0.3) is 0 Å². The monoisotopic (exact) mass is 309 g/mol. The summed E-state index contributed by atoms with van der Waals surface area (Å²) < 4.78 is 5.03. The molecule has 0 spiro atoms. The Morgan fingerprint density at radius 3 is 2.95 bits per heavy atom. The van der Waals surface area contributed by atoms with Crippen molar-refractivity contribution in [1.29, 1.82) is 0 Å². The SMILES string of the molecule is CCCc1noc(CCC(=O)Nc2ccsc2C(=O)O)n1. The normalized spacial score (nSPS) is 10.5. The second-order valence-corrected chi connectivity index (χ2v) is 5.29. The standard InChI is InChI=1S/C13H15N3O4S/c1-2-3-9-15-11(20-16-9)5-4-10(17)14-8-6-7-21-12(8)13(18)19/h6-7H,2-5H2,1H3,(H,14,17)(H,18,19). The van der Waals surface area contributed by atoms with E-state index in [1.54, 1.807) is 11.4 Å². The lowest BCUT2D eigenvalue weighted by atomic mass is 10.2. The van der Waals surface area contributed by atoms with Crippen molar-refractivity contribution in [2.75, 3.05) is 5.32 Å². The number of amides is 1. The summed E-state index contributed by atoms with van der Waals surface area (Å²) in [5, 5.41) is 17.0. The molecular formula is C13H15N3O4S. The van der Waals surface area contributed by atoms with E-state index in [0.717, 1.165) is 24.2 Å². The molecule has 0 unspecified atom stereocenters. The largest absolute Gasteiger partial charge is 0.477 e. The highest BCUT2D eigenvalue weighted by Crippen LogP contribution is 2.22. The van der Waals surface area contributed by atoms with Gasteiger partial charge in [0.2, 0.25) is 11.8 Å². The smallest absolute Gasteiger partial charge is 0.348 e. The predicted molar refractivity (Wildman–Crippen MR) is 76.5 cm³/mol. The van der Waals surface area contributed by atoms with Gasteiger partial charge in [0.1, 0.15) is 4.88 Å². The quantitative estimate of drug-likeness (QED) is 0.813. The van der Waals surface area contributed by atoms with Crippen LogP contribution in [0.4, 0.5) is 5.69 Å². The van der Waals surface area contributed by atoms with E-state index < -0.39 is 5.97 Å². The van der Waals surface area contributed by atoms with Gasteiger partial charge >= 0.3 is 5.97 Å². The zero-order valence-electron chi connectivity index (χ0n) is 11.5. The Bertz CT molecular complexity index is 635. The van der Waals surface area contributed by atoms with Crippen LogP contribution in [0.1, 0.15) is 41.2 Å². The number of rotatable bonds is 7. The molecular weight excluding hydrogens is 294 g/mol. The minimum absolute atomic E-state index is 0.117. The van der Waals surface area contributed by atoms with Gasteiger partial charge in [-0.15, -0.1) is 11.3 Å². The van der Waals surface area contributed by atoms with E-state index in [-0.39, 0.29) is 17.2 Å². The summed E-state index contributed by atoms with van der Waals surface area (Å²) in [7, 11) is 0. The Morgan fingerprint density at radius 2 is 2.24 bits per heavy atom. The average molecular weight is 309 g/mol. The van der Waals surface area contributed by atoms with Gasteiger partial charge in [-0.25, -0.2) is 4.79 Å². The molecule has 0 aliphatic heterocycles. The topological polar surface area (TPSA) is 105 Å². The average Bonchev–Trinajstić information content (AvgIpc) is 3.06. The van der Waals surface area contributed by atoms with Crippen LogP contribution < -0.4 is 5.32 Å². The zero-order chi connectivity index (χ0) is 15.2. The van der Waals surface area contributed by atoms with Crippen LogP contribution in [0.3, 0.4) is 0 Å². The van der Waals surface area contributed by atoms with Gasteiger partial charge in [0, 0.05) is 19.3 Å². The van der Waals surface area contributed by atoms with Crippen molar-refractivity contribution in [3.05, 3.63) is 28.0 Å². The van der Waals surface area contributed by atoms with Crippen LogP contribution >= 0.6 is 11.3 Å². The number of aryl methyl sites for hydroxylation is 2. The van der Waals surface area contributed by atoms with Gasteiger partial charge < -0.3 is 14.9 Å². The van der Waals surface area contributed by atoms with E-state index in [0.29, 0.717) is 23.8 Å². The van der Waals surface area contributed by atoms with Crippen LogP contribution in [-0.2, 0) is 17.6 Å². The first-order valence-electron chi connectivity index (χ1n) is 6.52. The molecule has 0 bridgehead atoms. The highest BCUT2D eigenvalue weighted by Gasteiger charge is 2.15. The molecule has 2 rings (SSSR count). The molecule has 2 N–H and O–H groups in total. The summed E-state index contributed by atoms with van der Waals surface area (Å²) in [6.07, 6.45) is 2.15. The number of aromatic carboxylic acids is 1. The van der Waals surface area contributed by atoms with Crippen LogP contribution in [0.2, 0.25) is 0 Å². The Kier molecular flexibility index (Phi) is 5.04. The molecule has 0 fully saturated rings. The highest BCUT2D eigenvalue weighted by molar-refractivity contribution is 7.12. The number of nitrogens with zero attached hydrogens (tertiary/aromatic N) is 2. The third kappa shape index (κ3) is 4.12. The molecule has 0 aromatic carbocycles. The minimum Gasteiger partial charge on any atom is -0.477 e. The Hall–Kier alpha value is -2.22. The van der Waals surface area contributed by atoms with Crippen molar-refractivity contribution >= 4 is 28.9 Å². The van der Waals surface area contributed by atoms with Gasteiger partial charge in [0.05, 0.1) is 5.69 Å². The number of hydrogen-bond acceptors (Lipinski definition) is 6. The molecule has 112 valence electrons. The minimum atomic E-state index is -1.05. The second-order valence-electron chi connectivity index (χ2n) is 4.37. The first kappa shape index (κ1) is 15.2. The van der Waals surface area contributed by atoms with Crippen LogP contribution in [0.15, 0.2) is 16.0 Å². The summed E-state index contributed by atoms with van der Waals surface area (Å²) in [5.41, 5.74) is 0.315. The lowest BCUT2D eigenvalue weighted by Crippen LogP contribution is -2.13. The van der Waals surface area contributed by atoms with Crippen LogP contribution in [-0.4, -0.2) is 27.1 Å². The fourth-order valence-electron chi connectivity index (χ4n) is 1.72. The molecule has 1 amide bonds. The summed E-state index contributed by atoms with van der Waals surface area (Å²) in [5.74, 6) is -0.288. The summed E-state index contributed by atoms with van der Waals surface area (Å²) in [6, 6.07) is 1.57. The first-order valence-corrected chi connectivity index (χ1v) is 7.40. The number of carbonyl (C=O) groups excluding carboxylic acids is 1. The van der Waals surface area contributed by atoms with Crippen molar-refractivity contribution in [2.45, 2.75) is 32.6 Å².